The van der Waals surface area contributed by atoms with E-state index in [4.69, 9.17) is 4.74 Å². The molecule has 3 atom stereocenters. The highest BCUT2D eigenvalue weighted by Crippen LogP contribution is 2.39. The molecule has 0 radical (unpaired) electrons. The number of hydrogen-bond donors (Lipinski definition) is 1. The van der Waals surface area contributed by atoms with Gasteiger partial charge in [0, 0.05) is 12.5 Å². The minimum Gasteiger partial charge on any atom is -0.468 e. The van der Waals surface area contributed by atoms with Gasteiger partial charge in [-0.3, -0.25) is 15.0 Å². The Balaban J connectivity index is 1.92. The molecule has 0 aromatic heterocycles. The molecule has 1 saturated heterocycles. The molecular formula is C25H30N2O2. The van der Waals surface area contributed by atoms with Crippen molar-refractivity contribution in [3.05, 3.63) is 97.1 Å². The Kier molecular flexibility index (Phi) is 7.39. The first kappa shape index (κ1) is 21.0. The molecule has 1 heterocycles. The average molecular weight is 391 g/mol. The molecule has 0 amide bonds. The number of nitrogens with zero attached hydrogens (tertiary/aromatic N) is 1. The minimum absolute atomic E-state index is 0.0439. The van der Waals surface area contributed by atoms with Crippen LogP contribution in [0.25, 0.3) is 0 Å². The number of likely N-dealkylation sites (tertiary alicyclic amines) is 1. The van der Waals surface area contributed by atoms with Gasteiger partial charge in [-0.15, -0.1) is 13.2 Å². The normalized spacial score (nSPS) is 19.9. The number of nitrogens with one attached hydrogen (secondary N) is 1. The van der Waals surface area contributed by atoms with E-state index in [2.05, 4.69) is 71.9 Å². The number of methoxy groups -OCH3 is 1. The monoisotopic (exact) mass is 390 g/mol. The van der Waals surface area contributed by atoms with Crippen LogP contribution in [0.2, 0.25) is 0 Å². The van der Waals surface area contributed by atoms with E-state index in [9.17, 15) is 4.79 Å². The molecule has 1 fully saturated rings. The van der Waals surface area contributed by atoms with Crippen molar-refractivity contribution in [2.24, 2.45) is 5.92 Å². The molecule has 0 aliphatic carbocycles. The van der Waals surface area contributed by atoms with Gasteiger partial charge >= 0.3 is 5.97 Å². The summed E-state index contributed by atoms with van der Waals surface area (Å²) in [4.78, 5) is 14.7. The van der Waals surface area contributed by atoms with Crippen LogP contribution in [0.1, 0.15) is 30.0 Å². The third-order valence-corrected chi connectivity index (χ3v) is 5.54. The standard InChI is InChI=1S/C25H30N2O2/c1-4-12-21-18-27(24(21)26-22(13-5-2)25(28)29-3)23(19-14-8-6-9-15-19)20-16-10-7-11-17-20/h4-11,14-17,21-24,26H,1-2,12-13,18H2,3H3. The van der Waals surface area contributed by atoms with Crippen molar-refractivity contribution in [1.82, 2.24) is 10.2 Å². The summed E-state index contributed by atoms with van der Waals surface area (Å²) in [7, 11) is 1.43. The smallest absolute Gasteiger partial charge is 0.323 e. The largest absolute Gasteiger partial charge is 0.468 e. The van der Waals surface area contributed by atoms with Crippen LogP contribution in [0.5, 0.6) is 0 Å². The molecule has 0 bridgehead atoms. The maximum absolute atomic E-state index is 12.3. The molecule has 1 aliphatic rings. The van der Waals surface area contributed by atoms with E-state index >= 15 is 0 Å². The zero-order chi connectivity index (χ0) is 20.6. The Morgan fingerprint density at radius 2 is 1.69 bits per heavy atom. The first-order chi connectivity index (χ1) is 14.2. The van der Waals surface area contributed by atoms with E-state index in [1.807, 2.05) is 18.2 Å². The third-order valence-electron chi connectivity index (χ3n) is 5.54. The summed E-state index contributed by atoms with van der Waals surface area (Å²) in [6, 6.07) is 20.7. The van der Waals surface area contributed by atoms with E-state index in [1.165, 1.54) is 18.2 Å². The lowest BCUT2D eigenvalue weighted by Gasteiger charge is -2.53. The summed E-state index contributed by atoms with van der Waals surface area (Å²) < 4.78 is 5.01. The molecule has 0 saturated carbocycles. The van der Waals surface area contributed by atoms with Gasteiger partial charge in [0.15, 0.2) is 0 Å². The van der Waals surface area contributed by atoms with Crippen LogP contribution in [-0.4, -0.2) is 36.7 Å². The van der Waals surface area contributed by atoms with E-state index < -0.39 is 6.04 Å². The topological polar surface area (TPSA) is 41.6 Å². The molecule has 3 rings (SSSR count). The predicted octanol–water partition coefficient (Wildman–Crippen LogP) is 4.32. The van der Waals surface area contributed by atoms with Crippen LogP contribution in [-0.2, 0) is 9.53 Å². The summed E-state index contributed by atoms with van der Waals surface area (Å²) in [5, 5.41) is 3.54. The summed E-state index contributed by atoms with van der Waals surface area (Å²) in [6.45, 7) is 8.64. The van der Waals surface area contributed by atoms with E-state index in [0.29, 0.717) is 12.3 Å². The van der Waals surface area contributed by atoms with Crippen LogP contribution in [0.4, 0.5) is 0 Å². The van der Waals surface area contributed by atoms with Crippen molar-refractivity contribution < 1.29 is 9.53 Å². The van der Waals surface area contributed by atoms with Crippen molar-refractivity contribution in [3.63, 3.8) is 0 Å². The lowest BCUT2D eigenvalue weighted by atomic mass is 9.85. The van der Waals surface area contributed by atoms with Crippen LogP contribution >= 0.6 is 0 Å². The Hall–Kier alpha value is -2.69. The number of esters is 1. The quantitative estimate of drug-likeness (QED) is 0.485. The average Bonchev–Trinajstić information content (AvgIpc) is 2.76. The number of rotatable bonds is 10. The number of carbonyl (C=O) groups is 1. The van der Waals surface area contributed by atoms with Crippen LogP contribution in [0.3, 0.4) is 0 Å². The molecule has 1 aliphatic heterocycles. The fourth-order valence-electron chi connectivity index (χ4n) is 4.13. The van der Waals surface area contributed by atoms with Gasteiger partial charge in [0.05, 0.1) is 19.3 Å². The molecule has 4 nitrogen and oxygen atoms in total. The van der Waals surface area contributed by atoms with Gasteiger partial charge in [-0.1, -0.05) is 72.8 Å². The fraction of sp³-hybridized carbons (Fsp3) is 0.320. The van der Waals surface area contributed by atoms with Gasteiger partial charge in [0.25, 0.3) is 0 Å². The molecule has 152 valence electrons. The van der Waals surface area contributed by atoms with Gasteiger partial charge < -0.3 is 4.74 Å². The van der Waals surface area contributed by atoms with Crippen LogP contribution in [0, 0.1) is 5.92 Å². The molecule has 2 aromatic rings. The molecule has 0 spiro atoms. The third kappa shape index (κ3) is 4.84. The first-order valence-electron chi connectivity index (χ1n) is 10.1. The zero-order valence-electron chi connectivity index (χ0n) is 17.0. The van der Waals surface area contributed by atoms with Crippen LogP contribution < -0.4 is 5.32 Å². The highest BCUT2D eigenvalue weighted by molar-refractivity contribution is 5.75. The first-order valence-corrected chi connectivity index (χ1v) is 10.1. The lowest BCUT2D eigenvalue weighted by Crippen LogP contribution is -2.66. The molecule has 4 heteroatoms. The number of hydrogen-bond acceptors (Lipinski definition) is 4. The second-order valence-electron chi connectivity index (χ2n) is 7.42. The van der Waals surface area contributed by atoms with Gasteiger partial charge in [-0.05, 0) is 24.0 Å². The lowest BCUT2D eigenvalue weighted by molar-refractivity contribution is -0.145. The number of allylic oxidation sites excluding steroid dienone is 1. The zero-order valence-corrected chi connectivity index (χ0v) is 17.0. The molecule has 2 aromatic carbocycles. The van der Waals surface area contributed by atoms with Crippen molar-refractivity contribution in [2.45, 2.75) is 31.1 Å². The van der Waals surface area contributed by atoms with E-state index in [1.54, 1.807) is 6.08 Å². The van der Waals surface area contributed by atoms with Gasteiger partial charge in [0.1, 0.15) is 6.04 Å². The van der Waals surface area contributed by atoms with Crippen molar-refractivity contribution >= 4 is 5.97 Å². The molecule has 29 heavy (non-hydrogen) atoms. The maximum Gasteiger partial charge on any atom is 0.323 e. The molecular weight excluding hydrogens is 360 g/mol. The number of carbonyl (C=O) groups excluding carboxylic acids is 1. The van der Waals surface area contributed by atoms with Crippen molar-refractivity contribution in [1.29, 1.82) is 0 Å². The highest BCUT2D eigenvalue weighted by Gasteiger charge is 2.44. The summed E-state index contributed by atoms with van der Waals surface area (Å²) >= 11 is 0. The van der Waals surface area contributed by atoms with Crippen LogP contribution in [0.15, 0.2) is 86.0 Å². The van der Waals surface area contributed by atoms with Crippen molar-refractivity contribution in [3.8, 4) is 0 Å². The van der Waals surface area contributed by atoms with E-state index in [-0.39, 0.29) is 18.2 Å². The summed E-state index contributed by atoms with van der Waals surface area (Å²) in [5.41, 5.74) is 2.47. The maximum atomic E-state index is 12.3. The fourth-order valence-corrected chi connectivity index (χ4v) is 4.13. The number of ether oxygens (including phenoxy) is 1. The Morgan fingerprint density at radius 3 is 2.17 bits per heavy atom. The number of benzene rings is 2. The van der Waals surface area contributed by atoms with Gasteiger partial charge in [0.2, 0.25) is 0 Å². The summed E-state index contributed by atoms with van der Waals surface area (Å²) in [5.74, 6) is 0.129. The highest BCUT2D eigenvalue weighted by atomic mass is 16.5. The van der Waals surface area contributed by atoms with Gasteiger partial charge in [-0.25, -0.2) is 0 Å². The Bertz CT molecular complexity index is 767. The van der Waals surface area contributed by atoms with Crippen molar-refractivity contribution in [2.75, 3.05) is 13.7 Å². The predicted molar refractivity (Wildman–Crippen MR) is 117 cm³/mol. The second-order valence-corrected chi connectivity index (χ2v) is 7.42. The Morgan fingerprint density at radius 1 is 1.10 bits per heavy atom. The summed E-state index contributed by atoms with van der Waals surface area (Å²) in [6.07, 6.45) is 5.18. The van der Waals surface area contributed by atoms with Gasteiger partial charge in [-0.2, -0.15) is 0 Å². The molecule has 1 N–H and O–H groups in total. The minimum atomic E-state index is -0.412. The SMILES string of the molecule is C=CCC(NC1C(CC=C)CN1C(c1ccccc1)c1ccccc1)C(=O)OC. The molecule has 3 unspecified atom stereocenters. The Labute approximate surface area is 173 Å². The van der Waals surface area contributed by atoms with E-state index in [0.717, 1.165) is 13.0 Å². The second kappa shape index (κ2) is 10.2.